The van der Waals surface area contributed by atoms with Crippen LogP contribution < -0.4 is 10.6 Å². The van der Waals surface area contributed by atoms with E-state index in [9.17, 15) is 9.59 Å². The fraction of sp³-hybridized carbons (Fsp3) is 0.333. The van der Waals surface area contributed by atoms with Crippen LogP contribution in [0, 0.1) is 6.92 Å². The average Bonchev–Trinajstić information content (AvgIpc) is 2.31. The van der Waals surface area contributed by atoms with E-state index in [1.165, 1.54) is 7.11 Å². The minimum absolute atomic E-state index is 0.00728. The summed E-state index contributed by atoms with van der Waals surface area (Å²) in [6.07, 6.45) is 0.00728. The van der Waals surface area contributed by atoms with Gasteiger partial charge in [-0.15, -0.1) is 0 Å². The molecule has 0 radical (unpaired) electrons. The topological polar surface area (TPSA) is 67.4 Å². The SMILES string of the molecule is COC(=O)CC1Nc2cc(Br)cc(C)c2NC1=O. The van der Waals surface area contributed by atoms with E-state index < -0.39 is 12.0 Å². The van der Waals surface area contributed by atoms with Crippen LogP contribution in [-0.4, -0.2) is 25.0 Å². The van der Waals surface area contributed by atoms with E-state index in [1.54, 1.807) is 0 Å². The lowest BCUT2D eigenvalue weighted by Crippen LogP contribution is -2.40. The van der Waals surface area contributed by atoms with Gasteiger partial charge >= 0.3 is 5.97 Å². The maximum absolute atomic E-state index is 11.9. The van der Waals surface area contributed by atoms with Crippen LogP contribution >= 0.6 is 15.9 Å². The van der Waals surface area contributed by atoms with Crippen LogP contribution in [-0.2, 0) is 14.3 Å². The molecule has 0 bridgehead atoms. The molecule has 0 fully saturated rings. The highest BCUT2D eigenvalue weighted by Gasteiger charge is 2.28. The van der Waals surface area contributed by atoms with Gasteiger partial charge in [-0.2, -0.15) is 0 Å². The zero-order valence-electron chi connectivity index (χ0n) is 10.0. The molecule has 0 aliphatic carbocycles. The molecule has 1 aromatic rings. The summed E-state index contributed by atoms with van der Waals surface area (Å²) < 4.78 is 5.48. The Kier molecular flexibility index (Phi) is 3.56. The quantitative estimate of drug-likeness (QED) is 0.820. The zero-order valence-corrected chi connectivity index (χ0v) is 11.6. The van der Waals surface area contributed by atoms with Crippen molar-refractivity contribution in [3.63, 3.8) is 0 Å². The van der Waals surface area contributed by atoms with Gasteiger partial charge in [0, 0.05) is 4.47 Å². The number of carbonyl (C=O) groups is 2. The van der Waals surface area contributed by atoms with Gasteiger partial charge in [-0.05, 0) is 24.6 Å². The number of fused-ring (bicyclic) bond motifs is 1. The Morgan fingerprint density at radius 3 is 2.89 bits per heavy atom. The van der Waals surface area contributed by atoms with Gasteiger partial charge in [-0.1, -0.05) is 15.9 Å². The van der Waals surface area contributed by atoms with Gasteiger partial charge in [0.1, 0.15) is 6.04 Å². The number of amides is 1. The van der Waals surface area contributed by atoms with Crippen LogP contribution in [0.15, 0.2) is 16.6 Å². The third kappa shape index (κ3) is 2.48. The number of anilines is 2. The molecule has 0 saturated heterocycles. The number of aryl methyl sites for hydroxylation is 1. The minimum atomic E-state index is -0.598. The van der Waals surface area contributed by atoms with Crippen molar-refractivity contribution in [3.05, 3.63) is 22.2 Å². The van der Waals surface area contributed by atoms with Crippen molar-refractivity contribution in [1.82, 2.24) is 0 Å². The summed E-state index contributed by atoms with van der Waals surface area (Å²) in [6.45, 7) is 1.91. The molecule has 2 N–H and O–H groups in total. The first-order chi connectivity index (χ1) is 8.51. The Balaban J connectivity index is 2.27. The monoisotopic (exact) mass is 312 g/mol. The summed E-state index contributed by atoms with van der Waals surface area (Å²) in [5.74, 6) is -0.642. The molecule has 96 valence electrons. The van der Waals surface area contributed by atoms with Gasteiger partial charge in [0.25, 0.3) is 0 Å². The van der Waals surface area contributed by atoms with Crippen molar-refractivity contribution < 1.29 is 14.3 Å². The third-order valence-electron chi connectivity index (χ3n) is 2.79. The smallest absolute Gasteiger partial charge is 0.308 e. The molecule has 1 aliphatic rings. The van der Waals surface area contributed by atoms with Crippen LogP contribution in [0.5, 0.6) is 0 Å². The van der Waals surface area contributed by atoms with Crippen LogP contribution in [0.4, 0.5) is 11.4 Å². The molecule has 1 unspecified atom stereocenters. The first kappa shape index (κ1) is 12.9. The van der Waals surface area contributed by atoms with Crippen molar-refractivity contribution in [2.24, 2.45) is 0 Å². The molecular formula is C12H13BrN2O3. The number of nitrogens with one attached hydrogen (secondary N) is 2. The normalized spacial score (nSPS) is 17.5. The Morgan fingerprint density at radius 1 is 1.50 bits per heavy atom. The fourth-order valence-corrected chi connectivity index (χ4v) is 2.45. The van der Waals surface area contributed by atoms with E-state index >= 15 is 0 Å². The van der Waals surface area contributed by atoms with Gasteiger partial charge in [0.2, 0.25) is 5.91 Å². The Labute approximate surface area is 113 Å². The summed E-state index contributed by atoms with van der Waals surface area (Å²) in [7, 11) is 1.30. The summed E-state index contributed by atoms with van der Waals surface area (Å²) in [4.78, 5) is 23.1. The number of esters is 1. The molecule has 0 saturated carbocycles. The van der Waals surface area contributed by atoms with Crippen LogP contribution in [0.3, 0.4) is 0 Å². The highest BCUT2D eigenvalue weighted by molar-refractivity contribution is 9.10. The molecule has 1 aromatic carbocycles. The first-order valence-electron chi connectivity index (χ1n) is 5.45. The summed E-state index contributed by atoms with van der Waals surface area (Å²) in [5.41, 5.74) is 2.51. The van der Waals surface area contributed by atoms with Gasteiger partial charge < -0.3 is 15.4 Å². The van der Waals surface area contributed by atoms with Gasteiger partial charge in [0.05, 0.1) is 24.9 Å². The van der Waals surface area contributed by atoms with E-state index in [1.807, 2.05) is 19.1 Å². The van der Waals surface area contributed by atoms with Gasteiger partial charge in [-0.25, -0.2) is 0 Å². The molecule has 2 rings (SSSR count). The van der Waals surface area contributed by atoms with Crippen molar-refractivity contribution >= 4 is 39.2 Å². The number of ether oxygens (including phenoxy) is 1. The highest BCUT2D eigenvalue weighted by Crippen LogP contribution is 2.33. The number of benzene rings is 1. The second-order valence-corrected chi connectivity index (χ2v) is 5.03. The van der Waals surface area contributed by atoms with E-state index in [2.05, 4.69) is 31.3 Å². The lowest BCUT2D eigenvalue weighted by atomic mass is 10.1. The van der Waals surface area contributed by atoms with E-state index in [0.717, 1.165) is 21.4 Å². The molecule has 0 aromatic heterocycles. The Hall–Kier alpha value is -1.56. The minimum Gasteiger partial charge on any atom is -0.469 e. The number of hydrogen-bond donors (Lipinski definition) is 2. The average molecular weight is 313 g/mol. The standard InChI is InChI=1S/C12H13BrN2O3/c1-6-3-7(13)4-8-11(6)15-12(17)9(14-8)5-10(16)18-2/h3-4,9,14H,5H2,1-2H3,(H,15,17). The molecule has 18 heavy (non-hydrogen) atoms. The fourth-order valence-electron chi connectivity index (χ4n) is 1.88. The van der Waals surface area contributed by atoms with Gasteiger partial charge in [0.15, 0.2) is 0 Å². The Morgan fingerprint density at radius 2 is 2.22 bits per heavy atom. The second-order valence-electron chi connectivity index (χ2n) is 4.11. The number of methoxy groups -OCH3 is 1. The Bertz CT molecular complexity index is 516. The van der Waals surface area contributed by atoms with E-state index in [-0.39, 0.29) is 12.3 Å². The number of halogens is 1. The third-order valence-corrected chi connectivity index (χ3v) is 3.25. The van der Waals surface area contributed by atoms with Crippen molar-refractivity contribution in [2.45, 2.75) is 19.4 Å². The maximum Gasteiger partial charge on any atom is 0.308 e. The van der Waals surface area contributed by atoms with Crippen molar-refractivity contribution in [1.29, 1.82) is 0 Å². The second kappa shape index (κ2) is 4.97. The van der Waals surface area contributed by atoms with E-state index in [4.69, 9.17) is 0 Å². The highest BCUT2D eigenvalue weighted by atomic mass is 79.9. The lowest BCUT2D eigenvalue weighted by molar-refractivity contribution is -0.142. The lowest BCUT2D eigenvalue weighted by Gasteiger charge is -2.27. The molecule has 1 aliphatic heterocycles. The number of rotatable bonds is 2. The van der Waals surface area contributed by atoms with Crippen LogP contribution in [0.1, 0.15) is 12.0 Å². The molecule has 6 heteroatoms. The van der Waals surface area contributed by atoms with Crippen LogP contribution in [0.2, 0.25) is 0 Å². The predicted octanol–water partition coefficient (Wildman–Crippen LogP) is 2.05. The molecule has 1 heterocycles. The molecule has 1 atom stereocenters. The predicted molar refractivity (Wildman–Crippen MR) is 71.6 cm³/mol. The van der Waals surface area contributed by atoms with Gasteiger partial charge in [-0.3, -0.25) is 9.59 Å². The number of carbonyl (C=O) groups excluding carboxylic acids is 2. The van der Waals surface area contributed by atoms with Crippen molar-refractivity contribution in [2.75, 3.05) is 17.7 Å². The summed E-state index contributed by atoms with van der Waals surface area (Å²) >= 11 is 3.40. The summed E-state index contributed by atoms with van der Waals surface area (Å²) in [5, 5.41) is 5.86. The van der Waals surface area contributed by atoms with E-state index in [0.29, 0.717) is 0 Å². The first-order valence-corrected chi connectivity index (χ1v) is 6.25. The van der Waals surface area contributed by atoms with Crippen LogP contribution in [0.25, 0.3) is 0 Å². The maximum atomic E-state index is 11.9. The number of hydrogen-bond acceptors (Lipinski definition) is 4. The molecule has 0 spiro atoms. The largest absolute Gasteiger partial charge is 0.469 e. The zero-order chi connectivity index (χ0) is 13.3. The summed E-state index contributed by atoms with van der Waals surface area (Å²) in [6, 6.07) is 3.19. The molecule has 5 nitrogen and oxygen atoms in total. The molecule has 1 amide bonds. The van der Waals surface area contributed by atoms with Crippen molar-refractivity contribution in [3.8, 4) is 0 Å². The molecular weight excluding hydrogens is 300 g/mol.